The van der Waals surface area contributed by atoms with Gasteiger partial charge in [-0.1, -0.05) is 0 Å². The quantitative estimate of drug-likeness (QED) is 0.628. The summed E-state index contributed by atoms with van der Waals surface area (Å²) in [7, 11) is 1.64. The number of benzene rings is 1. The molecule has 1 aliphatic heterocycles. The predicted octanol–water partition coefficient (Wildman–Crippen LogP) is 2.81. The van der Waals surface area contributed by atoms with Crippen molar-refractivity contribution in [3.8, 4) is 5.75 Å². The molecule has 0 amide bonds. The summed E-state index contributed by atoms with van der Waals surface area (Å²) >= 11 is 0. The average Bonchev–Trinajstić information content (AvgIpc) is 2.54. The number of aromatic nitrogens is 1. The van der Waals surface area contributed by atoms with Gasteiger partial charge in [-0.25, -0.2) is 4.98 Å². The molecule has 3 N–H and O–H groups in total. The Morgan fingerprint density at radius 2 is 2.00 bits per heavy atom. The molecule has 0 atom stereocenters. The van der Waals surface area contributed by atoms with Gasteiger partial charge >= 0.3 is 6.36 Å². The number of nitrogens with zero attached hydrogens (tertiary/aromatic N) is 2. The first-order valence-electron chi connectivity index (χ1n) is 7.75. The summed E-state index contributed by atoms with van der Waals surface area (Å²) < 4.78 is 46.4. The molecule has 1 fully saturated rings. The smallest absolute Gasteiger partial charge is 0.406 e. The number of pyridine rings is 1. The Balaban J connectivity index is 1.84. The van der Waals surface area contributed by atoms with Gasteiger partial charge in [0.25, 0.3) is 0 Å². The summed E-state index contributed by atoms with van der Waals surface area (Å²) in [5, 5.41) is 8.34. The molecule has 138 valence electrons. The summed E-state index contributed by atoms with van der Waals surface area (Å²) in [4.78, 5) is 6.25. The van der Waals surface area contributed by atoms with Crippen LogP contribution in [-0.4, -0.2) is 43.4 Å². The van der Waals surface area contributed by atoms with Crippen molar-refractivity contribution in [1.82, 2.24) is 4.98 Å². The standard InChI is InChI=1S/C17H17F3N4O2/c1-25-12-8-24(9-12)15-6-10(4-5-23-15)16(22)13-7-11(2-3-14(13)21)26-17(18,19)20/h2-7,12,22H,8-9,21H2,1H3. The zero-order valence-electron chi connectivity index (χ0n) is 13.9. The maximum absolute atomic E-state index is 12.4. The number of hydrogen-bond donors (Lipinski definition) is 2. The second-order valence-electron chi connectivity index (χ2n) is 5.84. The molecule has 2 aromatic rings. The molecule has 6 nitrogen and oxygen atoms in total. The molecule has 0 saturated carbocycles. The van der Waals surface area contributed by atoms with E-state index >= 15 is 0 Å². The summed E-state index contributed by atoms with van der Waals surface area (Å²) in [6.45, 7) is 1.38. The predicted molar refractivity (Wildman–Crippen MR) is 90.7 cm³/mol. The maximum atomic E-state index is 12.4. The summed E-state index contributed by atoms with van der Waals surface area (Å²) in [6, 6.07) is 6.81. The molecule has 1 saturated heterocycles. The molecule has 26 heavy (non-hydrogen) atoms. The minimum Gasteiger partial charge on any atom is -0.406 e. The molecule has 0 unspecified atom stereocenters. The van der Waals surface area contributed by atoms with Crippen LogP contribution < -0.4 is 15.4 Å². The van der Waals surface area contributed by atoms with Gasteiger partial charge in [0, 0.05) is 43.2 Å². The van der Waals surface area contributed by atoms with Crippen LogP contribution in [0.2, 0.25) is 0 Å². The number of nitrogen functional groups attached to an aromatic ring is 1. The van der Waals surface area contributed by atoms with Crippen LogP contribution in [0.4, 0.5) is 24.7 Å². The Morgan fingerprint density at radius 3 is 2.65 bits per heavy atom. The van der Waals surface area contributed by atoms with Gasteiger partial charge in [-0.05, 0) is 30.3 Å². The van der Waals surface area contributed by atoms with Gasteiger partial charge in [0.2, 0.25) is 0 Å². The summed E-state index contributed by atoms with van der Waals surface area (Å²) in [5.74, 6) is 0.244. The SMILES string of the molecule is COC1CN(c2cc(C(=N)c3cc(OC(F)(F)F)ccc3N)ccn2)C1. The topological polar surface area (TPSA) is 84.5 Å². The van der Waals surface area contributed by atoms with Gasteiger partial charge in [-0.3, -0.25) is 5.41 Å². The van der Waals surface area contributed by atoms with Crippen LogP contribution in [0, 0.1) is 5.41 Å². The monoisotopic (exact) mass is 366 g/mol. The Morgan fingerprint density at radius 1 is 1.27 bits per heavy atom. The minimum atomic E-state index is -4.81. The first-order valence-corrected chi connectivity index (χ1v) is 7.75. The number of anilines is 2. The van der Waals surface area contributed by atoms with Crippen molar-refractivity contribution < 1.29 is 22.6 Å². The zero-order valence-corrected chi connectivity index (χ0v) is 13.9. The highest BCUT2D eigenvalue weighted by molar-refractivity contribution is 6.14. The molecule has 9 heteroatoms. The molecule has 1 aromatic heterocycles. The second-order valence-corrected chi connectivity index (χ2v) is 5.84. The molecule has 0 spiro atoms. The van der Waals surface area contributed by atoms with E-state index in [1.54, 1.807) is 25.4 Å². The largest absolute Gasteiger partial charge is 0.573 e. The molecular formula is C17H17F3N4O2. The number of alkyl halides is 3. The van der Waals surface area contributed by atoms with Crippen LogP contribution in [0.15, 0.2) is 36.5 Å². The van der Waals surface area contributed by atoms with Crippen molar-refractivity contribution in [1.29, 1.82) is 5.41 Å². The number of hydrogen-bond acceptors (Lipinski definition) is 6. The average molecular weight is 366 g/mol. The first kappa shape index (κ1) is 18.0. The van der Waals surface area contributed by atoms with Gasteiger partial charge < -0.3 is 20.1 Å². The van der Waals surface area contributed by atoms with Crippen LogP contribution in [0.5, 0.6) is 5.75 Å². The lowest BCUT2D eigenvalue weighted by molar-refractivity contribution is -0.274. The number of methoxy groups -OCH3 is 1. The lowest BCUT2D eigenvalue weighted by Crippen LogP contribution is -2.52. The zero-order chi connectivity index (χ0) is 18.9. The highest BCUT2D eigenvalue weighted by Crippen LogP contribution is 2.28. The van der Waals surface area contributed by atoms with E-state index in [1.807, 2.05) is 4.90 Å². The molecule has 2 heterocycles. The van der Waals surface area contributed by atoms with Crippen molar-refractivity contribution >= 4 is 17.2 Å². The van der Waals surface area contributed by atoms with Crippen molar-refractivity contribution in [2.45, 2.75) is 12.5 Å². The Bertz CT molecular complexity index is 820. The van der Waals surface area contributed by atoms with Gasteiger partial charge in [0.05, 0.1) is 11.8 Å². The molecule has 1 aliphatic rings. The molecule has 1 aromatic carbocycles. The Kier molecular flexibility index (Phi) is 4.73. The Hall–Kier alpha value is -2.81. The number of halogens is 3. The van der Waals surface area contributed by atoms with Crippen molar-refractivity contribution in [2.75, 3.05) is 30.8 Å². The Labute approximate surface area is 147 Å². The van der Waals surface area contributed by atoms with Gasteiger partial charge in [-0.2, -0.15) is 0 Å². The fourth-order valence-corrected chi connectivity index (χ4v) is 2.63. The fourth-order valence-electron chi connectivity index (χ4n) is 2.63. The van der Waals surface area contributed by atoms with Crippen LogP contribution in [0.1, 0.15) is 11.1 Å². The summed E-state index contributed by atoms with van der Waals surface area (Å²) in [5.41, 5.74) is 6.66. The highest BCUT2D eigenvalue weighted by Gasteiger charge is 2.31. The third-order valence-corrected chi connectivity index (χ3v) is 4.07. The lowest BCUT2D eigenvalue weighted by Gasteiger charge is -2.39. The van der Waals surface area contributed by atoms with Gasteiger partial charge in [0.15, 0.2) is 0 Å². The normalized spacial score (nSPS) is 14.8. The van der Waals surface area contributed by atoms with E-state index in [0.717, 1.165) is 12.1 Å². The number of rotatable bonds is 5. The van der Waals surface area contributed by atoms with Gasteiger partial charge in [0.1, 0.15) is 11.6 Å². The third-order valence-electron chi connectivity index (χ3n) is 4.07. The molecule has 0 aliphatic carbocycles. The van der Waals surface area contributed by atoms with E-state index in [-0.39, 0.29) is 23.1 Å². The van der Waals surface area contributed by atoms with Crippen LogP contribution >= 0.6 is 0 Å². The van der Waals surface area contributed by atoms with E-state index in [9.17, 15) is 13.2 Å². The van der Waals surface area contributed by atoms with Gasteiger partial charge in [-0.15, -0.1) is 13.2 Å². The van der Waals surface area contributed by atoms with E-state index in [1.165, 1.54) is 6.07 Å². The molecule has 3 rings (SSSR count). The molecule has 0 bridgehead atoms. The van der Waals surface area contributed by atoms with Crippen LogP contribution in [0.3, 0.4) is 0 Å². The third kappa shape index (κ3) is 3.88. The highest BCUT2D eigenvalue weighted by atomic mass is 19.4. The maximum Gasteiger partial charge on any atom is 0.573 e. The molecule has 0 radical (unpaired) electrons. The van der Waals surface area contributed by atoms with Crippen molar-refractivity contribution in [3.05, 3.63) is 47.7 Å². The first-order chi connectivity index (χ1) is 12.3. The second kappa shape index (κ2) is 6.83. The van der Waals surface area contributed by atoms with Crippen molar-refractivity contribution in [3.63, 3.8) is 0 Å². The molecular weight excluding hydrogens is 349 g/mol. The number of nitrogens with one attached hydrogen (secondary N) is 1. The fraction of sp³-hybridized carbons (Fsp3) is 0.294. The van der Waals surface area contributed by atoms with Crippen LogP contribution in [-0.2, 0) is 4.74 Å². The lowest BCUT2D eigenvalue weighted by atomic mass is 10.0. The number of ether oxygens (including phenoxy) is 2. The van der Waals surface area contributed by atoms with E-state index in [2.05, 4.69) is 9.72 Å². The minimum absolute atomic E-state index is 0.0115. The van der Waals surface area contributed by atoms with Crippen molar-refractivity contribution in [2.24, 2.45) is 0 Å². The van der Waals surface area contributed by atoms with E-state index in [4.69, 9.17) is 15.9 Å². The van der Waals surface area contributed by atoms with E-state index < -0.39 is 12.1 Å². The van der Waals surface area contributed by atoms with Crippen LogP contribution in [0.25, 0.3) is 0 Å². The summed E-state index contributed by atoms with van der Waals surface area (Å²) in [6.07, 6.45) is -3.12. The van der Waals surface area contributed by atoms with E-state index in [0.29, 0.717) is 24.5 Å². The number of nitrogens with two attached hydrogens (primary N) is 1.